The minimum absolute atomic E-state index is 0.134. The fourth-order valence-corrected chi connectivity index (χ4v) is 5.44. The van der Waals surface area contributed by atoms with Gasteiger partial charge in [-0.15, -0.1) is 0 Å². The van der Waals surface area contributed by atoms with Gasteiger partial charge in [0.15, 0.2) is 12.3 Å². The average Bonchev–Trinajstić information content (AvgIpc) is 3.32. The van der Waals surface area contributed by atoms with Crippen LogP contribution in [0.3, 0.4) is 0 Å². The number of amides is 1. The number of benzene rings is 1. The normalized spacial score (nSPS) is 16.3. The minimum Gasteiger partial charge on any atom is -0.481 e. The van der Waals surface area contributed by atoms with Crippen LogP contribution in [0.2, 0.25) is 0 Å². The van der Waals surface area contributed by atoms with Gasteiger partial charge in [0.2, 0.25) is 5.91 Å². The van der Waals surface area contributed by atoms with Crippen LogP contribution in [0.5, 0.6) is 5.75 Å². The predicted octanol–water partition coefficient (Wildman–Crippen LogP) is 2.38. The summed E-state index contributed by atoms with van der Waals surface area (Å²) in [6.07, 6.45) is 5.06. The van der Waals surface area contributed by atoms with Crippen molar-refractivity contribution < 1.29 is 24.0 Å². The zero-order valence-corrected chi connectivity index (χ0v) is 21.6. The van der Waals surface area contributed by atoms with Crippen LogP contribution in [-0.4, -0.2) is 63.0 Å². The summed E-state index contributed by atoms with van der Waals surface area (Å²) in [6, 6.07) is 5.41. The van der Waals surface area contributed by atoms with E-state index in [1.54, 1.807) is 12.1 Å². The summed E-state index contributed by atoms with van der Waals surface area (Å²) in [5.41, 5.74) is 3.40. The maximum absolute atomic E-state index is 13.0. The Hall–Kier alpha value is -3.73. The van der Waals surface area contributed by atoms with Crippen LogP contribution >= 0.6 is 0 Å². The topological polar surface area (TPSA) is 140 Å². The monoisotopic (exact) mass is 523 g/mol. The molecule has 1 amide bonds. The van der Waals surface area contributed by atoms with Gasteiger partial charge in [0.25, 0.3) is 5.56 Å². The number of aliphatic carboxylic acids is 1. The first-order valence-corrected chi connectivity index (χ1v) is 13.2. The smallest absolute Gasteiger partial charge is 0.312 e. The fourth-order valence-electron chi connectivity index (χ4n) is 5.44. The van der Waals surface area contributed by atoms with Gasteiger partial charge in [-0.1, -0.05) is 5.16 Å². The highest BCUT2D eigenvalue weighted by Gasteiger charge is 2.26. The molecular weight excluding hydrogens is 490 g/mol. The molecule has 11 heteroatoms. The van der Waals surface area contributed by atoms with Crippen LogP contribution in [0.4, 0.5) is 0 Å². The Labute approximate surface area is 219 Å². The Morgan fingerprint density at radius 3 is 2.82 bits per heavy atom. The van der Waals surface area contributed by atoms with Gasteiger partial charge in [-0.05, 0) is 64.3 Å². The second-order valence-electron chi connectivity index (χ2n) is 10.1. The number of fused-ring (bicyclic) bond motifs is 2. The van der Waals surface area contributed by atoms with Crippen molar-refractivity contribution in [3.8, 4) is 5.75 Å². The Bertz CT molecular complexity index is 1390. The molecule has 4 heterocycles. The zero-order chi connectivity index (χ0) is 26.6. The van der Waals surface area contributed by atoms with Crippen LogP contribution in [0.1, 0.15) is 60.8 Å². The van der Waals surface area contributed by atoms with E-state index in [2.05, 4.69) is 15.4 Å². The highest BCUT2D eigenvalue weighted by atomic mass is 16.5. The number of aryl methyl sites for hydroxylation is 2. The molecule has 1 saturated heterocycles. The molecule has 0 unspecified atom stereocenters. The summed E-state index contributed by atoms with van der Waals surface area (Å²) in [7, 11) is 0. The van der Waals surface area contributed by atoms with Gasteiger partial charge >= 0.3 is 5.97 Å². The molecule has 0 aliphatic carbocycles. The number of carbonyl (C=O) groups is 2. The summed E-state index contributed by atoms with van der Waals surface area (Å²) in [5.74, 6) is -0.0969. The van der Waals surface area contributed by atoms with Crippen LogP contribution < -0.4 is 15.6 Å². The molecule has 0 spiro atoms. The van der Waals surface area contributed by atoms with Crippen LogP contribution in [0.15, 0.2) is 27.5 Å². The fraction of sp³-hybridized carbons (Fsp3) is 0.519. The van der Waals surface area contributed by atoms with Gasteiger partial charge in [0.1, 0.15) is 18.0 Å². The Morgan fingerprint density at radius 1 is 1.21 bits per heavy atom. The third-order valence-electron chi connectivity index (χ3n) is 7.52. The first-order valence-electron chi connectivity index (χ1n) is 13.2. The van der Waals surface area contributed by atoms with Crippen molar-refractivity contribution >= 4 is 22.8 Å². The molecule has 2 aliphatic rings. The van der Waals surface area contributed by atoms with E-state index in [1.807, 2.05) is 17.6 Å². The first kappa shape index (κ1) is 25.9. The lowest BCUT2D eigenvalue weighted by Crippen LogP contribution is -2.37. The number of nitrogens with one attached hydrogen (secondary N) is 1. The van der Waals surface area contributed by atoms with Crippen LogP contribution in [0, 0.1) is 6.92 Å². The van der Waals surface area contributed by atoms with Gasteiger partial charge in [-0.2, -0.15) is 0 Å². The van der Waals surface area contributed by atoms with E-state index >= 15 is 0 Å². The number of aromatic nitrogens is 3. The second-order valence-corrected chi connectivity index (χ2v) is 10.1. The number of rotatable bonds is 9. The molecule has 0 atom stereocenters. The molecule has 38 heavy (non-hydrogen) atoms. The zero-order valence-electron chi connectivity index (χ0n) is 21.6. The SMILES string of the molecule is Cc1nc2n(c(=O)c1CCN1CCC(c3noc4cc(OCNC(=O)CC(=O)O)ccc34)CC1)CCCC2. The van der Waals surface area contributed by atoms with Crippen molar-refractivity contribution in [2.24, 2.45) is 0 Å². The summed E-state index contributed by atoms with van der Waals surface area (Å²) in [4.78, 5) is 42.2. The van der Waals surface area contributed by atoms with Gasteiger partial charge in [0, 0.05) is 48.1 Å². The minimum atomic E-state index is -1.19. The summed E-state index contributed by atoms with van der Waals surface area (Å²) < 4.78 is 12.9. The lowest BCUT2D eigenvalue weighted by Gasteiger charge is -2.31. The third-order valence-corrected chi connectivity index (χ3v) is 7.52. The molecule has 2 N–H and O–H groups in total. The number of piperidine rings is 1. The summed E-state index contributed by atoms with van der Waals surface area (Å²) >= 11 is 0. The lowest BCUT2D eigenvalue weighted by molar-refractivity contribution is -0.140. The molecule has 11 nitrogen and oxygen atoms in total. The molecule has 1 aromatic carbocycles. The third kappa shape index (κ3) is 5.72. The van der Waals surface area contributed by atoms with Crippen LogP contribution in [0.25, 0.3) is 11.0 Å². The standard InChI is InChI=1S/C27H33N5O6/c1-17-20(27(36)32-10-3-2-4-23(32)29-17)9-13-31-11-7-18(8-12-31)26-21-6-5-19(14-22(21)38-30-26)37-16-28-24(33)15-25(34)35/h5-6,14,18H,2-4,7-13,15-16H2,1H3,(H,28,33)(H,34,35). The maximum Gasteiger partial charge on any atom is 0.312 e. The number of nitrogens with zero attached hydrogens (tertiary/aromatic N) is 4. The molecule has 2 aliphatic heterocycles. The lowest BCUT2D eigenvalue weighted by atomic mass is 9.91. The molecule has 0 saturated carbocycles. The highest BCUT2D eigenvalue weighted by molar-refractivity contribution is 5.93. The molecule has 3 aromatic rings. The number of likely N-dealkylation sites (tertiary alicyclic amines) is 1. The number of hydrogen-bond donors (Lipinski definition) is 2. The summed E-state index contributed by atoms with van der Waals surface area (Å²) in [6.45, 7) is 5.30. The number of carboxylic acid groups (broad SMARTS) is 1. The molecule has 0 bridgehead atoms. The van der Waals surface area contributed by atoms with E-state index in [1.165, 1.54) is 0 Å². The predicted molar refractivity (Wildman–Crippen MR) is 138 cm³/mol. The molecule has 1 fully saturated rings. The molecule has 2 aromatic heterocycles. The van der Waals surface area contributed by atoms with Crippen molar-refractivity contribution in [1.82, 2.24) is 24.9 Å². The highest BCUT2D eigenvalue weighted by Crippen LogP contribution is 2.34. The molecule has 202 valence electrons. The quantitative estimate of drug-likeness (QED) is 0.319. The molecule has 5 rings (SSSR count). The first-order chi connectivity index (χ1) is 18.4. The number of hydrogen-bond acceptors (Lipinski definition) is 8. The Balaban J connectivity index is 1.14. The van der Waals surface area contributed by atoms with E-state index in [0.717, 1.165) is 92.9 Å². The number of carboxylic acids is 1. The van der Waals surface area contributed by atoms with Crippen LogP contribution in [-0.2, 0) is 29.0 Å². The maximum atomic E-state index is 13.0. The average molecular weight is 524 g/mol. The van der Waals surface area contributed by atoms with Crippen molar-refractivity contribution in [1.29, 1.82) is 0 Å². The summed E-state index contributed by atoms with van der Waals surface area (Å²) in [5, 5.41) is 16.3. The Kier molecular flexibility index (Phi) is 7.73. The second kappa shape index (κ2) is 11.3. The Morgan fingerprint density at radius 2 is 2.03 bits per heavy atom. The van der Waals surface area contributed by atoms with Gasteiger partial charge in [-0.3, -0.25) is 19.0 Å². The van der Waals surface area contributed by atoms with Gasteiger partial charge in [0.05, 0.1) is 5.69 Å². The van der Waals surface area contributed by atoms with E-state index in [9.17, 15) is 14.4 Å². The largest absolute Gasteiger partial charge is 0.481 e. The van der Waals surface area contributed by atoms with Gasteiger partial charge < -0.3 is 24.6 Å². The van der Waals surface area contributed by atoms with E-state index in [4.69, 9.17) is 19.4 Å². The number of carbonyl (C=O) groups excluding carboxylic acids is 1. The van der Waals surface area contributed by atoms with E-state index in [0.29, 0.717) is 11.3 Å². The van der Waals surface area contributed by atoms with Crippen molar-refractivity contribution in [3.05, 3.63) is 51.3 Å². The van der Waals surface area contributed by atoms with E-state index in [-0.39, 0.29) is 18.2 Å². The van der Waals surface area contributed by atoms with Crippen molar-refractivity contribution in [2.75, 3.05) is 26.4 Å². The van der Waals surface area contributed by atoms with Gasteiger partial charge in [-0.25, -0.2) is 4.98 Å². The van der Waals surface area contributed by atoms with E-state index < -0.39 is 18.3 Å². The van der Waals surface area contributed by atoms with Crippen molar-refractivity contribution in [2.45, 2.75) is 64.3 Å². The van der Waals surface area contributed by atoms with Crippen molar-refractivity contribution in [3.63, 3.8) is 0 Å². The number of ether oxygens (including phenoxy) is 1. The molecular formula is C27H33N5O6. The molecule has 0 radical (unpaired) electrons.